The Bertz CT molecular complexity index is 240. The molecule has 1 aliphatic heterocycles. The fourth-order valence-electron chi connectivity index (χ4n) is 2.35. The number of piperidine rings is 1. The number of halogens is 3. The van der Waals surface area contributed by atoms with Crippen LogP contribution in [0, 0.1) is 5.92 Å². The number of aliphatic hydroxyl groups excluding tert-OH is 1. The van der Waals surface area contributed by atoms with Crippen molar-refractivity contribution in [3.63, 3.8) is 0 Å². The van der Waals surface area contributed by atoms with E-state index in [9.17, 15) is 13.2 Å². The fourth-order valence-corrected chi connectivity index (χ4v) is 2.35. The van der Waals surface area contributed by atoms with E-state index in [0.29, 0.717) is 5.92 Å². The van der Waals surface area contributed by atoms with Crippen LogP contribution in [-0.4, -0.2) is 54.5 Å². The molecule has 0 aromatic rings. The van der Waals surface area contributed by atoms with Crippen LogP contribution in [0.5, 0.6) is 0 Å². The number of hydrogen-bond acceptors (Lipinski definition) is 3. The van der Waals surface area contributed by atoms with E-state index in [-0.39, 0.29) is 6.04 Å². The maximum absolute atomic E-state index is 12.1. The molecule has 0 aromatic heterocycles. The number of hydrogen-bond donors (Lipinski definition) is 2. The highest BCUT2D eigenvalue weighted by molar-refractivity contribution is 4.80. The average molecular weight is 268 g/mol. The summed E-state index contributed by atoms with van der Waals surface area (Å²) in [5, 5.41) is 11.7. The minimum absolute atomic E-state index is 0.0148. The summed E-state index contributed by atoms with van der Waals surface area (Å²) < 4.78 is 36.4. The summed E-state index contributed by atoms with van der Waals surface area (Å²) in [6, 6.07) is 0.0148. The lowest BCUT2D eigenvalue weighted by Gasteiger charge is -2.35. The molecular formula is C12H23F3N2O. The summed E-state index contributed by atoms with van der Waals surface area (Å²) >= 11 is 0. The van der Waals surface area contributed by atoms with Gasteiger partial charge in [-0.15, -0.1) is 0 Å². The van der Waals surface area contributed by atoms with Gasteiger partial charge in [0.15, 0.2) is 6.10 Å². The van der Waals surface area contributed by atoms with Crippen LogP contribution >= 0.6 is 0 Å². The predicted octanol–water partition coefficient (Wildman–Crippen LogP) is 1.62. The third kappa shape index (κ3) is 4.74. The molecule has 1 fully saturated rings. The Balaban J connectivity index is 2.27. The van der Waals surface area contributed by atoms with Crippen LogP contribution in [0.15, 0.2) is 0 Å². The number of likely N-dealkylation sites (tertiary alicyclic amines) is 1. The zero-order valence-electron chi connectivity index (χ0n) is 11.0. The Hall–Kier alpha value is -0.330. The number of alkyl halides is 3. The summed E-state index contributed by atoms with van der Waals surface area (Å²) in [5.41, 5.74) is 0. The van der Waals surface area contributed by atoms with E-state index >= 15 is 0 Å². The topological polar surface area (TPSA) is 35.5 Å². The van der Waals surface area contributed by atoms with Gasteiger partial charge in [0.2, 0.25) is 0 Å². The molecule has 0 saturated carbocycles. The number of aliphatic hydroxyl groups is 1. The lowest BCUT2D eigenvalue weighted by Crippen LogP contribution is -2.46. The Labute approximate surface area is 106 Å². The van der Waals surface area contributed by atoms with Gasteiger partial charge in [0.05, 0.1) is 0 Å². The maximum atomic E-state index is 12.1. The van der Waals surface area contributed by atoms with Gasteiger partial charge in [-0.1, -0.05) is 6.92 Å². The fraction of sp³-hybridized carbons (Fsp3) is 1.00. The van der Waals surface area contributed by atoms with Crippen LogP contribution in [0.2, 0.25) is 0 Å². The van der Waals surface area contributed by atoms with E-state index in [1.54, 1.807) is 0 Å². The van der Waals surface area contributed by atoms with Crippen molar-refractivity contribution in [2.75, 3.05) is 26.2 Å². The molecule has 0 bridgehead atoms. The molecule has 2 unspecified atom stereocenters. The van der Waals surface area contributed by atoms with Crippen molar-refractivity contribution in [1.82, 2.24) is 10.2 Å². The highest BCUT2D eigenvalue weighted by Crippen LogP contribution is 2.22. The second-order valence-corrected chi connectivity index (χ2v) is 5.03. The van der Waals surface area contributed by atoms with E-state index in [1.165, 1.54) is 0 Å². The van der Waals surface area contributed by atoms with Gasteiger partial charge >= 0.3 is 6.18 Å². The minimum atomic E-state index is -4.53. The van der Waals surface area contributed by atoms with Gasteiger partial charge in [0, 0.05) is 12.6 Å². The summed E-state index contributed by atoms with van der Waals surface area (Å²) in [7, 11) is 0. The standard InChI is InChI=1S/C12H23F3N2O/c1-3-17-6-4-10(5-7-17)9(2)16-8-11(18)12(13,14)15/h9-11,16,18H,3-8H2,1-2H3. The van der Waals surface area contributed by atoms with Crippen molar-refractivity contribution in [2.24, 2.45) is 5.92 Å². The quantitative estimate of drug-likeness (QED) is 0.795. The van der Waals surface area contributed by atoms with Gasteiger partial charge in [-0.05, 0) is 45.3 Å². The molecule has 18 heavy (non-hydrogen) atoms. The highest BCUT2D eigenvalue weighted by atomic mass is 19.4. The van der Waals surface area contributed by atoms with Gasteiger partial charge in [-0.2, -0.15) is 13.2 Å². The normalized spacial score (nSPS) is 23.0. The summed E-state index contributed by atoms with van der Waals surface area (Å²) in [6.45, 7) is 6.64. The van der Waals surface area contributed by atoms with Crippen LogP contribution in [-0.2, 0) is 0 Å². The first-order valence-electron chi connectivity index (χ1n) is 6.55. The molecule has 6 heteroatoms. The van der Waals surface area contributed by atoms with Crippen molar-refractivity contribution in [3.8, 4) is 0 Å². The number of nitrogens with zero attached hydrogens (tertiary/aromatic N) is 1. The SMILES string of the molecule is CCN1CCC(C(C)NCC(O)C(F)(F)F)CC1. The van der Waals surface area contributed by atoms with Crippen molar-refractivity contribution >= 4 is 0 Å². The van der Waals surface area contributed by atoms with Crippen LogP contribution in [0.25, 0.3) is 0 Å². The van der Waals surface area contributed by atoms with Crippen LogP contribution in [0.4, 0.5) is 13.2 Å². The van der Waals surface area contributed by atoms with Crippen molar-refractivity contribution in [1.29, 1.82) is 0 Å². The first kappa shape index (κ1) is 15.7. The molecule has 0 amide bonds. The van der Waals surface area contributed by atoms with Crippen molar-refractivity contribution in [3.05, 3.63) is 0 Å². The molecule has 1 saturated heterocycles. The third-order valence-electron chi connectivity index (χ3n) is 3.80. The second kappa shape index (κ2) is 6.73. The largest absolute Gasteiger partial charge is 0.415 e. The van der Waals surface area contributed by atoms with Crippen molar-refractivity contribution < 1.29 is 18.3 Å². The molecule has 3 nitrogen and oxygen atoms in total. The molecule has 2 N–H and O–H groups in total. The van der Waals surface area contributed by atoms with E-state index in [0.717, 1.165) is 32.5 Å². The second-order valence-electron chi connectivity index (χ2n) is 5.03. The average Bonchev–Trinajstić information content (AvgIpc) is 2.34. The predicted molar refractivity (Wildman–Crippen MR) is 64.4 cm³/mol. The molecule has 108 valence electrons. The van der Waals surface area contributed by atoms with Gasteiger partial charge in [0.1, 0.15) is 0 Å². The van der Waals surface area contributed by atoms with Crippen LogP contribution < -0.4 is 5.32 Å². The molecule has 0 aromatic carbocycles. The Morgan fingerprint density at radius 3 is 2.33 bits per heavy atom. The van der Waals surface area contributed by atoms with E-state index < -0.39 is 18.8 Å². The molecule has 2 atom stereocenters. The monoisotopic (exact) mass is 268 g/mol. The molecule has 1 heterocycles. The first-order chi connectivity index (χ1) is 8.34. The van der Waals surface area contributed by atoms with Gasteiger partial charge in [-0.3, -0.25) is 0 Å². The smallest absolute Gasteiger partial charge is 0.382 e. The van der Waals surface area contributed by atoms with E-state index in [1.807, 2.05) is 6.92 Å². The summed E-state index contributed by atoms with van der Waals surface area (Å²) in [4.78, 5) is 2.34. The maximum Gasteiger partial charge on any atom is 0.415 e. The molecule has 1 aliphatic rings. The Kier molecular flexibility index (Phi) is 5.88. The summed E-state index contributed by atoms with van der Waals surface area (Å²) in [5.74, 6) is 0.397. The third-order valence-corrected chi connectivity index (χ3v) is 3.80. The van der Waals surface area contributed by atoms with Crippen LogP contribution in [0.1, 0.15) is 26.7 Å². The molecule has 0 spiro atoms. The molecule has 0 aliphatic carbocycles. The van der Waals surface area contributed by atoms with Gasteiger partial charge < -0.3 is 15.3 Å². The number of nitrogens with one attached hydrogen (secondary N) is 1. The Morgan fingerprint density at radius 2 is 1.89 bits per heavy atom. The highest BCUT2D eigenvalue weighted by Gasteiger charge is 2.38. The van der Waals surface area contributed by atoms with Gasteiger partial charge in [-0.25, -0.2) is 0 Å². The number of rotatable bonds is 5. The first-order valence-corrected chi connectivity index (χ1v) is 6.55. The zero-order chi connectivity index (χ0) is 13.8. The summed E-state index contributed by atoms with van der Waals surface area (Å²) in [6.07, 6.45) is -4.79. The minimum Gasteiger partial charge on any atom is -0.382 e. The lowest BCUT2D eigenvalue weighted by molar-refractivity contribution is -0.202. The zero-order valence-corrected chi connectivity index (χ0v) is 11.0. The van der Waals surface area contributed by atoms with Crippen molar-refractivity contribution in [2.45, 2.75) is 45.0 Å². The van der Waals surface area contributed by atoms with Crippen LogP contribution in [0.3, 0.4) is 0 Å². The molecule has 0 radical (unpaired) electrons. The lowest BCUT2D eigenvalue weighted by atomic mass is 9.90. The molecule has 1 rings (SSSR count). The van der Waals surface area contributed by atoms with E-state index in [4.69, 9.17) is 5.11 Å². The Morgan fingerprint density at radius 1 is 1.33 bits per heavy atom. The van der Waals surface area contributed by atoms with E-state index in [2.05, 4.69) is 17.1 Å². The van der Waals surface area contributed by atoms with Gasteiger partial charge in [0.25, 0.3) is 0 Å². The molecular weight excluding hydrogens is 245 g/mol.